The van der Waals surface area contributed by atoms with Crippen LogP contribution in [0.1, 0.15) is 17.5 Å². The molecular weight excluding hydrogens is 728 g/mol. The van der Waals surface area contributed by atoms with Gasteiger partial charge < -0.3 is 25.2 Å². The zero-order valence-corrected chi connectivity index (χ0v) is 31.9. The van der Waals surface area contributed by atoms with Crippen LogP contribution in [0.5, 0.6) is 5.88 Å². The Bertz CT molecular complexity index is 2380. The minimum absolute atomic E-state index is 0.0111. The monoisotopic (exact) mass is 770 g/mol. The summed E-state index contributed by atoms with van der Waals surface area (Å²) < 4.78 is 21.1. The second-order valence-corrected chi connectivity index (χ2v) is 15.0. The van der Waals surface area contributed by atoms with Gasteiger partial charge in [-0.05, 0) is 66.1 Å². The van der Waals surface area contributed by atoms with Gasteiger partial charge in [0.1, 0.15) is 18.1 Å². The summed E-state index contributed by atoms with van der Waals surface area (Å²) in [6.07, 6.45) is 3.85. The van der Waals surface area contributed by atoms with Crippen molar-refractivity contribution >= 4 is 57.4 Å². The molecule has 0 saturated carbocycles. The van der Waals surface area contributed by atoms with Gasteiger partial charge in [0.15, 0.2) is 0 Å². The van der Waals surface area contributed by atoms with Gasteiger partial charge in [-0.1, -0.05) is 18.2 Å². The van der Waals surface area contributed by atoms with Gasteiger partial charge in [0.05, 0.1) is 11.9 Å². The molecule has 5 aromatic rings. The lowest BCUT2D eigenvalue weighted by molar-refractivity contribution is -0.132. The fourth-order valence-corrected chi connectivity index (χ4v) is 8.01. The van der Waals surface area contributed by atoms with Crippen molar-refractivity contribution in [3.8, 4) is 17.0 Å². The van der Waals surface area contributed by atoms with Crippen LogP contribution >= 0.6 is 0 Å². The zero-order chi connectivity index (χ0) is 39.2. The normalized spacial score (nSPS) is 17.6. The van der Waals surface area contributed by atoms with E-state index >= 15 is 4.39 Å². The van der Waals surface area contributed by atoms with Crippen molar-refractivity contribution in [1.29, 1.82) is 0 Å². The van der Waals surface area contributed by atoms with Crippen LogP contribution in [-0.2, 0) is 16.0 Å². The number of urea groups is 1. The maximum Gasteiger partial charge on any atom is 0.330 e. The van der Waals surface area contributed by atoms with Gasteiger partial charge in [-0.2, -0.15) is 0 Å². The Morgan fingerprint density at radius 1 is 0.947 bits per heavy atom. The third-order valence-electron chi connectivity index (χ3n) is 11.5. The molecule has 0 atom stereocenters. The first-order valence-electron chi connectivity index (χ1n) is 19.3. The molecule has 14 nitrogen and oxygen atoms in total. The summed E-state index contributed by atoms with van der Waals surface area (Å²) in [5.41, 5.74) is 7.32. The first-order valence-corrected chi connectivity index (χ1v) is 19.3. The van der Waals surface area contributed by atoms with Crippen molar-refractivity contribution in [2.24, 2.45) is 0 Å². The topological polar surface area (TPSA) is 139 Å². The van der Waals surface area contributed by atoms with Crippen molar-refractivity contribution in [1.82, 2.24) is 29.7 Å². The number of rotatable bonds is 8. The molecule has 2 aromatic heterocycles. The summed E-state index contributed by atoms with van der Waals surface area (Å²) in [6, 6.07) is 18.7. The lowest BCUT2D eigenvalue weighted by atomic mass is 10.00. The number of carbonyl (C=O) groups is 3. The van der Waals surface area contributed by atoms with Crippen LogP contribution in [0.2, 0.25) is 0 Å². The molecule has 292 valence electrons. The number of anilines is 5. The molecule has 15 heteroatoms. The molecule has 4 amide bonds. The second kappa shape index (κ2) is 15.0. The minimum atomic E-state index is -0.462. The van der Waals surface area contributed by atoms with E-state index in [4.69, 9.17) is 9.72 Å². The molecule has 57 heavy (non-hydrogen) atoms. The van der Waals surface area contributed by atoms with E-state index < -0.39 is 5.82 Å². The fraction of sp³-hybridized carbons (Fsp3) is 0.333. The number of aromatic nitrogens is 3. The van der Waals surface area contributed by atoms with Gasteiger partial charge in [-0.3, -0.25) is 24.3 Å². The van der Waals surface area contributed by atoms with Crippen LogP contribution in [0.25, 0.3) is 22.0 Å². The first-order chi connectivity index (χ1) is 27.7. The summed E-state index contributed by atoms with van der Waals surface area (Å²) >= 11 is 0. The molecule has 4 aliphatic heterocycles. The van der Waals surface area contributed by atoms with Crippen molar-refractivity contribution in [2.45, 2.75) is 25.8 Å². The Hall–Kier alpha value is -6.35. The number of ether oxygens (including phenoxy) is 1. The maximum atomic E-state index is 15.4. The predicted octanol–water partition coefficient (Wildman–Crippen LogP) is 5.05. The number of amides is 4. The van der Waals surface area contributed by atoms with Crippen LogP contribution in [-0.4, -0.2) is 120 Å². The first kappa shape index (κ1) is 36.3. The fourth-order valence-electron chi connectivity index (χ4n) is 8.01. The Morgan fingerprint density at radius 2 is 1.74 bits per heavy atom. The van der Waals surface area contributed by atoms with E-state index in [9.17, 15) is 14.4 Å². The Labute approximate surface area is 329 Å². The van der Waals surface area contributed by atoms with E-state index in [0.29, 0.717) is 61.8 Å². The number of benzene rings is 3. The number of nitrogens with one attached hydrogen (secondary N) is 2. The number of fused-ring (bicyclic) bond motifs is 2. The van der Waals surface area contributed by atoms with Gasteiger partial charge in [-0.25, -0.2) is 24.1 Å². The maximum absolute atomic E-state index is 15.4. The highest BCUT2D eigenvalue weighted by Crippen LogP contribution is 2.36. The number of nitrogens with zero attached hydrogens (tertiary/aromatic N) is 8. The molecule has 9 rings (SSSR count). The Morgan fingerprint density at radius 3 is 2.53 bits per heavy atom. The number of carbonyl (C=O) groups excluding carboxylic acids is 3. The van der Waals surface area contributed by atoms with E-state index in [1.165, 1.54) is 18.0 Å². The number of hydrogen-bond donors (Lipinski definition) is 2. The van der Waals surface area contributed by atoms with Crippen molar-refractivity contribution in [3.05, 3.63) is 90.0 Å². The molecule has 4 aliphatic rings. The number of halogens is 1. The van der Waals surface area contributed by atoms with Gasteiger partial charge >= 0.3 is 6.03 Å². The van der Waals surface area contributed by atoms with Crippen LogP contribution in [0.4, 0.5) is 37.9 Å². The predicted molar refractivity (Wildman–Crippen MR) is 216 cm³/mol. The standard InChI is InChI=1S/C42H43FN10O4/c1-26-34(23-45-40-39(26)44-12-18-57-40)27-3-4-29-22-46-41(48-36(29)19-27)47-30-6-5-28(35(43)21-30)20-38(55)51-16-14-50(15-17-51)33-24-52(25-33)31-7-9-32(10-8-31)53-13-11-37(54)49(2)42(53)56/h3-10,19,21-23,33,44H,11-18,20,24-25H2,1-2H3,(H,46,47,48). The minimum Gasteiger partial charge on any atom is -0.474 e. The van der Waals surface area contributed by atoms with E-state index in [0.717, 1.165) is 77.4 Å². The molecule has 3 saturated heterocycles. The molecular formula is C42H43FN10O4. The van der Waals surface area contributed by atoms with Crippen LogP contribution in [0, 0.1) is 12.7 Å². The highest BCUT2D eigenvalue weighted by Gasteiger charge is 2.35. The average Bonchev–Trinajstić information content (AvgIpc) is 3.21. The van der Waals surface area contributed by atoms with E-state index in [1.54, 1.807) is 23.2 Å². The van der Waals surface area contributed by atoms with E-state index in [1.807, 2.05) is 60.5 Å². The molecule has 0 aliphatic carbocycles. The second-order valence-electron chi connectivity index (χ2n) is 15.0. The molecule has 0 unspecified atom stereocenters. The number of imide groups is 1. The molecule has 3 aromatic carbocycles. The van der Waals surface area contributed by atoms with Gasteiger partial charge in [0.2, 0.25) is 23.6 Å². The number of pyridine rings is 1. The van der Waals surface area contributed by atoms with Crippen molar-refractivity contribution in [3.63, 3.8) is 0 Å². The van der Waals surface area contributed by atoms with Crippen LogP contribution < -0.4 is 25.2 Å². The molecule has 6 heterocycles. The molecule has 0 spiro atoms. The molecule has 0 bridgehead atoms. The molecule has 0 radical (unpaired) electrons. The summed E-state index contributed by atoms with van der Waals surface area (Å²) in [5, 5.41) is 7.38. The smallest absolute Gasteiger partial charge is 0.330 e. The van der Waals surface area contributed by atoms with Gasteiger partial charge in [0, 0.05) is 112 Å². The summed E-state index contributed by atoms with van der Waals surface area (Å²) in [7, 11) is 1.52. The summed E-state index contributed by atoms with van der Waals surface area (Å²) in [5.74, 6) is 0.235. The van der Waals surface area contributed by atoms with Gasteiger partial charge in [-0.15, -0.1) is 0 Å². The molecule has 3 fully saturated rings. The molecule has 2 N–H and O–H groups in total. The summed E-state index contributed by atoms with van der Waals surface area (Å²) in [4.78, 5) is 60.7. The summed E-state index contributed by atoms with van der Waals surface area (Å²) in [6.45, 7) is 8.23. The third-order valence-corrected chi connectivity index (χ3v) is 11.5. The largest absolute Gasteiger partial charge is 0.474 e. The number of hydrogen-bond acceptors (Lipinski definition) is 11. The third kappa shape index (κ3) is 7.14. The lowest BCUT2D eigenvalue weighted by Gasteiger charge is -2.49. The lowest BCUT2D eigenvalue weighted by Crippen LogP contribution is -2.63. The highest BCUT2D eigenvalue weighted by atomic mass is 19.1. The van der Waals surface area contributed by atoms with Gasteiger partial charge in [0.25, 0.3) is 0 Å². The van der Waals surface area contributed by atoms with E-state index in [2.05, 4.69) is 30.4 Å². The highest BCUT2D eigenvalue weighted by molar-refractivity contribution is 6.05. The average molecular weight is 771 g/mol. The van der Waals surface area contributed by atoms with Crippen molar-refractivity contribution in [2.75, 3.05) is 86.4 Å². The number of piperazine rings is 1. The van der Waals surface area contributed by atoms with Crippen LogP contribution in [0.3, 0.4) is 0 Å². The Kier molecular flexibility index (Phi) is 9.52. The van der Waals surface area contributed by atoms with Crippen molar-refractivity contribution < 1.29 is 23.5 Å². The van der Waals surface area contributed by atoms with E-state index in [-0.39, 0.29) is 24.3 Å². The van der Waals surface area contributed by atoms with Crippen LogP contribution in [0.15, 0.2) is 73.1 Å². The quantitative estimate of drug-likeness (QED) is 0.219. The SMILES string of the molecule is Cc1c(-c2ccc3cnc(Nc4ccc(CC(=O)N5CCN(C6CN(c7ccc(N8CCC(=O)N(C)C8=O)cc7)C6)CC5)c(F)c4)nc3c2)cnc2c1NCCO2. The zero-order valence-electron chi connectivity index (χ0n) is 31.9. The Balaban J connectivity index is 0.764.